The third-order valence-corrected chi connectivity index (χ3v) is 5.54. The first-order valence-corrected chi connectivity index (χ1v) is 9.05. The fourth-order valence-electron chi connectivity index (χ4n) is 4.25. The summed E-state index contributed by atoms with van der Waals surface area (Å²) < 4.78 is 0. The number of para-hydroxylation sites is 2. The van der Waals surface area contributed by atoms with Crippen LogP contribution in [0.25, 0.3) is 11.0 Å². The molecule has 1 N–H and O–H groups in total. The molecule has 23 heavy (non-hydrogen) atoms. The summed E-state index contributed by atoms with van der Waals surface area (Å²) in [6.45, 7) is 0.880. The zero-order valence-corrected chi connectivity index (χ0v) is 13.6. The lowest BCUT2D eigenvalue weighted by Gasteiger charge is -2.23. The van der Waals surface area contributed by atoms with Crippen molar-refractivity contribution in [2.45, 2.75) is 57.4 Å². The van der Waals surface area contributed by atoms with Gasteiger partial charge in [-0.3, -0.25) is 4.79 Å². The van der Waals surface area contributed by atoms with Gasteiger partial charge in [0.1, 0.15) is 5.82 Å². The van der Waals surface area contributed by atoms with E-state index in [1.165, 1.54) is 25.7 Å². The van der Waals surface area contributed by atoms with E-state index in [2.05, 4.69) is 9.88 Å². The Hall–Kier alpha value is -1.84. The Morgan fingerprint density at radius 3 is 2.83 bits per heavy atom. The Balaban J connectivity index is 1.46. The number of carbonyl (C=O) groups is 1. The molecule has 4 heteroatoms. The van der Waals surface area contributed by atoms with E-state index < -0.39 is 0 Å². The van der Waals surface area contributed by atoms with Gasteiger partial charge < -0.3 is 9.88 Å². The Bertz CT molecular complexity index is 654. The van der Waals surface area contributed by atoms with E-state index in [9.17, 15) is 4.79 Å². The molecule has 4 nitrogen and oxygen atoms in total. The number of hydrogen-bond acceptors (Lipinski definition) is 2. The van der Waals surface area contributed by atoms with Gasteiger partial charge in [-0.1, -0.05) is 37.8 Å². The number of aromatic amines is 1. The second-order valence-electron chi connectivity index (χ2n) is 7.07. The molecule has 4 rings (SSSR count). The van der Waals surface area contributed by atoms with Gasteiger partial charge >= 0.3 is 0 Å². The maximum atomic E-state index is 12.7. The van der Waals surface area contributed by atoms with Crippen LogP contribution in [0.2, 0.25) is 0 Å². The van der Waals surface area contributed by atoms with Gasteiger partial charge in [-0.15, -0.1) is 0 Å². The molecule has 1 aliphatic carbocycles. The number of imidazole rings is 1. The minimum absolute atomic E-state index is 0.137. The molecule has 2 fully saturated rings. The van der Waals surface area contributed by atoms with Gasteiger partial charge in [-0.2, -0.15) is 0 Å². The summed E-state index contributed by atoms with van der Waals surface area (Å²) in [6, 6.07) is 8.23. The topological polar surface area (TPSA) is 49.0 Å². The predicted octanol–water partition coefficient (Wildman–Crippen LogP) is 4.20. The average molecular weight is 311 g/mol. The third kappa shape index (κ3) is 2.99. The molecule has 122 valence electrons. The number of nitrogens with one attached hydrogen (secondary N) is 1. The van der Waals surface area contributed by atoms with Crippen LogP contribution in [-0.4, -0.2) is 27.3 Å². The van der Waals surface area contributed by atoms with Gasteiger partial charge in [0.2, 0.25) is 5.91 Å². The van der Waals surface area contributed by atoms with Crippen LogP contribution in [0.5, 0.6) is 0 Å². The summed E-state index contributed by atoms with van der Waals surface area (Å²) in [7, 11) is 0. The Morgan fingerprint density at radius 2 is 2.00 bits per heavy atom. The van der Waals surface area contributed by atoms with Crippen molar-refractivity contribution in [1.29, 1.82) is 0 Å². The minimum atomic E-state index is 0.137. The van der Waals surface area contributed by atoms with E-state index in [1.807, 2.05) is 24.3 Å². The van der Waals surface area contributed by atoms with Crippen LogP contribution in [-0.2, 0) is 4.79 Å². The van der Waals surface area contributed by atoms with Crippen molar-refractivity contribution >= 4 is 16.9 Å². The molecule has 1 saturated heterocycles. The molecular weight excluding hydrogens is 286 g/mol. The van der Waals surface area contributed by atoms with Gasteiger partial charge in [-0.25, -0.2) is 4.98 Å². The van der Waals surface area contributed by atoms with Crippen LogP contribution in [0.15, 0.2) is 24.3 Å². The van der Waals surface area contributed by atoms with Crippen molar-refractivity contribution in [3.8, 4) is 0 Å². The zero-order chi connectivity index (χ0) is 15.6. The third-order valence-electron chi connectivity index (χ3n) is 5.54. The minimum Gasteiger partial charge on any atom is -0.340 e. The highest BCUT2D eigenvalue weighted by Crippen LogP contribution is 2.33. The van der Waals surface area contributed by atoms with Crippen molar-refractivity contribution in [2.24, 2.45) is 5.92 Å². The van der Waals surface area contributed by atoms with Gasteiger partial charge in [0.05, 0.1) is 17.1 Å². The fraction of sp³-hybridized carbons (Fsp3) is 0.579. The lowest BCUT2D eigenvalue weighted by molar-refractivity contribution is -0.132. The number of fused-ring (bicyclic) bond motifs is 1. The first-order chi connectivity index (χ1) is 11.3. The van der Waals surface area contributed by atoms with Crippen LogP contribution >= 0.6 is 0 Å². The number of rotatable bonds is 4. The molecule has 1 aliphatic heterocycles. The number of hydrogen-bond donors (Lipinski definition) is 1. The molecule has 2 heterocycles. The molecule has 1 atom stereocenters. The molecule has 2 aliphatic rings. The number of carbonyl (C=O) groups excluding carboxylic acids is 1. The molecule has 1 aromatic heterocycles. The summed E-state index contributed by atoms with van der Waals surface area (Å²) in [5.41, 5.74) is 2.06. The van der Waals surface area contributed by atoms with Crippen LogP contribution < -0.4 is 0 Å². The number of likely N-dealkylation sites (tertiary alicyclic amines) is 1. The summed E-state index contributed by atoms with van der Waals surface area (Å²) >= 11 is 0. The van der Waals surface area contributed by atoms with Gasteiger partial charge in [-0.05, 0) is 37.3 Å². The molecule has 1 saturated carbocycles. The van der Waals surface area contributed by atoms with E-state index in [0.717, 1.165) is 48.6 Å². The van der Waals surface area contributed by atoms with Crippen molar-refractivity contribution in [3.05, 3.63) is 30.1 Å². The van der Waals surface area contributed by atoms with Crippen molar-refractivity contribution in [1.82, 2.24) is 14.9 Å². The maximum Gasteiger partial charge on any atom is 0.223 e. The molecule has 2 aromatic rings. The van der Waals surface area contributed by atoms with E-state index in [4.69, 9.17) is 4.98 Å². The number of amides is 1. The number of aromatic nitrogens is 2. The summed E-state index contributed by atoms with van der Waals surface area (Å²) in [4.78, 5) is 22.9. The highest BCUT2D eigenvalue weighted by Gasteiger charge is 2.32. The molecule has 0 unspecified atom stereocenters. The van der Waals surface area contributed by atoms with Crippen molar-refractivity contribution in [2.75, 3.05) is 6.54 Å². The van der Waals surface area contributed by atoms with Crippen LogP contribution in [0.3, 0.4) is 0 Å². The van der Waals surface area contributed by atoms with E-state index in [-0.39, 0.29) is 6.04 Å². The van der Waals surface area contributed by atoms with Crippen LogP contribution in [0.1, 0.15) is 63.2 Å². The zero-order valence-electron chi connectivity index (χ0n) is 13.6. The van der Waals surface area contributed by atoms with Gasteiger partial charge in [0, 0.05) is 13.0 Å². The Kier molecular flexibility index (Phi) is 4.06. The smallest absolute Gasteiger partial charge is 0.223 e. The lowest BCUT2D eigenvalue weighted by atomic mass is 10.0. The van der Waals surface area contributed by atoms with Crippen molar-refractivity contribution < 1.29 is 4.79 Å². The lowest BCUT2D eigenvalue weighted by Crippen LogP contribution is -2.31. The summed E-state index contributed by atoms with van der Waals surface area (Å²) in [6.07, 6.45) is 9.23. The standard InChI is InChI=1S/C19H25N3O/c23-18(12-11-14-6-1-2-7-14)22-13-5-10-17(22)19-20-15-8-3-4-9-16(15)21-19/h3-4,8-9,14,17H,1-2,5-7,10-13H2,(H,20,21)/t17-/m0/s1. The maximum absolute atomic E-state index is 12.7. The summed E-state index contributed by atoms with van der Waals surface area (Å²) in [5, 5.41) is 0. The van der Waals surface area contributed by atoms with Gasteiger partial charge in [0.15, 0.2) is 0 Å². The largest absolute Gasteiger partial charge is 0.340 e. The number of H-pyrrole nitrogens is 1. The molecule has 1 aromatic carbocycles. The van der Waals surface area contributed by atoms with E-state index in [0.29, 0.717) is 12.3 Å². The van der Waals surface area contributed by atoms with Gasteiger partial charge in [0.25, 0.3) is 0 Å². The normalized spacial score (nSPS) is 22.3. The van der Waals surface area contributed by atoms with E-state index >= 15 is 0 Å². The summed E-state index contributed by atoms with van der Waals surface area (Å²) in [5.74, 6) is 2.06. The monoisotopic (exact) mass is 311 g/mol. The second kappa shape index (κ2) is 6.34. The highest BCUT2D eigenvalue weighted by molar-refractivity contribution is 5.78. The predicted molar refractivity (Wildman–Crippen MR) is 91.0 cm³/mol. The number of benzene rings is 1. The first kappa shape index (κ1) is 14.7. The second-order valence-corrected chi connectivity index (χ2v) is 7.07. The molecule has 0 bridgehead atoms. The number of nitrogens with zero attached hydrogens (tertiary/aromatic N) is 2. The fourth-order valence-corrected chi connectivity index (χ4v) is 4.25. The SMILES string of the molecule is O=C(CCC1CCCC1)N1CCC[C@H]1c1nc2ccccc2[nH]1. The molecule has 1 amide bonds. The average Bonchev–Trinajstić information content (AvgIpc) is 3.31. The molecule has 0 radical (unpaired) electrons. The molecular formula is C19H25N3O. The molecule has 0 spiro atoms. The Labute approximate surface area is 137 Å². The van der Waals surface area contributed by atoms with Crippen LogP contribution in [0.4, 0.5) is 0 Å². The highest BCUT2D eigenvalue weighted by atomic mass is 16.2. The van der Waals surface area contributed by atoms with E-state index in [1.54, 1.807) is 0 Å². The quantitative estimate of drug-likeness (QED) is 0.920. The first-order valence-electron chi connectivity index (χ1n) is 9.05. The Morgan fingerprint density at radius 1 is 1.17 bits per heavy atom. The van der Waals surface area contributed by atoms with Crippen molar-refractivity contribution in [3.63, 3.8) is 0 Å². The van der Waals surface area contributed by atoms with Crippen LogP contribution in [0, 0.1) is 5.92 Å².